The van der Waals surface area contributed by atoms with Crippen molar-refractivity contribution in [2.75, 3.05) is 39.3 Å². The fourth-order valence-corrected chi connectivity index (χ4v) is 2.48. The Morgan fingerprint density at radius 2 is 1.79 bits per heavy atom. The van der Waals surface area contributed by atoms with E-state index in [4.69, 9.17) is 5.73 Å². The predicted molar refractivity (Wildman–Crippen MR) is 79.0 cm³/mol. The lowest BCUT2D eigenvalue weighted by molar-refractivity contribution is -0.123. The summed E-state index contributed by atoms with van der Waals surface area (Å²) >= 11 is 0. The molecule has 1 aliphatic heterocycles. The van der Waals surface area contributed by atoms with Crippen molar-refractivity contribution in [3.8, 4) is 0 Å². The van der Waals surface area contributed by atoms with Gasteiger partial charge in [0, 0.05) is 44.8 Å². The standard InChI is InChI=1S/C14H30N4O/c1-4-13(5-2)16-14(19)11-17-6-8-18(9-7-17)12(3)10-15/h12-13H,4-11,15H2,1-3H3,(H,16,19). The Morgan fingerprint density at radius 1 is 1.21 bits per heavy atom. The van der Waals surface area contributed by atoms with Gasteiger partial charge in [0.1, 0.15) is 0 Å². The smallest absolute Gasteiger partial charge is 0.234 e. The molecule has 0 aliphatic carbocycles. The summed E-state index contributed by atoms with van der Waals surface area (Å²) in [6, 6.07) is 0.770. The molecule has 1 amide bonds. The second kappa shape index (κ2) is 8.51. The molecule has 19 heavy (non-hydrogen) atoms. The number of nitrogens with zero attached hydrogens (tertiary/aromatic N) is 2. The lowest BCUT2D eigenvalue weighted by atomic mass is 10.1. The Bertz CT molecular complexity index is 260. The minimum absolute atomic E-state index is 0.161. The first-order chi connectivity index (χ1) is 9.10. The zero-order valence-electron chi connectivity index (χ0n) is 12.7. The monoisotopic (exact) mass is 270 g/mol. The van der Waals surface area contributed by atoms with E-state index in [1.807, 2.05) is 0 Å². The maximum Gasteiger partial charge on any atom is 0.234 e. The zero-order valence-corrected chi connectivity index (χ0v) is 12.7. The van der Waals surface area contributed by atoms with Crippen LogP contribution in [0.15, 0.2) is 0 Å². The van der Waals surface area contributed by atoms with Crippen molar-refractivity contribution >= 4 is 5.91 Å². The summed E-state index contributed by atoms with van der Waals surface area (Å²) in [6.07, 6.45) is 2.01. The highest BCUT2D eigenvalue weighted by Gasteiger charge is 2.21. The van der Waals surface area contributed by atoms with Crippen LogP contribution in [0.5, 0.6) is 0 Å². The number of hydrogen-bond donors (Lipinski definition) is 2. The van der Waals surface area contributed by atoms with Crippen LogP contribution in [0.1, 0.15) is 33.6 Å². The molecule has 0 aromatic rings. The third-order valence-electron chi connectivity index (χ3n) is 4.09. The van der Waals surface area contributed by atoms with Crippen molar-refractivity contribution in [1.29, 1.82) is 0 Å². The van der Waals surface area contributed by atoms with Gasteiger partial charge in [0.2, 0.25) is 5.91 Å². The van der Waals surface area contributed by atoms with Crippen LogP contribution < -0.4 is 11.1 Å². The summed E-state index contributed by atoms with van der Waals surface area (Å²) in [7, 11) is 0. The van der Waals surface area contributed by atoms with Crippen LogP contribution in [-0.2, 0) is 4.79 Å². The first-order valence-corrected chi connectivity index (χ1v) is 7.56. The molecule has 0 radical (unpaired) electrons. The topological polar surface area (TPSA) is 61.6 Å². The van der Waals surface area contributed by atoms with E-state index < -0.39 is 0 Å². The summed E-state index contributed by atoms with van der Waals surface area (Å²) in [5.74, 6) is 0.161. The number of hydrogen-bond acceptors (Lipinski definition) is 4. The number of amides is 1. The van der Waals surface area contributed by atoms with Crippen LogP contribution in [0.25, 0.3) is 0 Å². The summed E-state index contributed by atoms with van der Waals surface area (Å²) in [6.45, 7) is 11.6. The minimum Gasteiger partial charge on any atom is -0.352 e. The molecule has 0 aromatic carbocycles. The van der Waals surface area contributed by atoms with Gasteiger partial charge in [-0.1, -0.05) is 13.8 Å². The maximum atomic E-state index is 11.9. The van der Waals surface area contributed by atoms with Gasteiger partial charge in [-0.15, -0.1) is 0 Å². The highest BCUT2D eigenvalue weighted by molar-refractivity contribution is 5.78. The Hall–Kier alpha value is -0.650. The van der Waals surface area contributed by atoms with Crippen molar-refractivity contribution < 1.29 is 4.79 Å². The number of carbonyl (C=O) groups is 1. The molecule has 1 unspecified atom stereocenters. The van der Waals surface area contributed by atoms with Crippen molar-refractivity contribution in [2.45, 2.75) is 45.7 Å². The summed E-state index contributed by atoms with van der Waals surface area (Å²) < 4.78 is 0. The van der Waals surface area contributed by atoms with E-state index in [-0.39, 0.29) is 5.91 Å². The third kappa shape index (κ3) is 5.47. The van der Waals surface area contributed by atoms with Gasteiger partial charge in [0.05, 0.1) is 6.54 Å². The third-order valence-corrected chi connectivity index (χ3v) is 4.09. The molecule has 112 valence electrons. The average molecular weight is 270 g/mol. The minimum atomic E-state index is 0.161. The number of nitrogens with one attached hydrogen (secondary N) is 1. The summed E-state index contributed by atoms with van der Waals surface area (Å²) in [4.78, 5) is 16.6. The van der Waals surface area contributed by atoms with E-state index in [2.05, 4.69) is 35.9 Å². The molecule has 3 N–H and O–H groups in total. The Labute approximate surface area is 117 Å². The van der Waals surface area contributed by atoms with Gasteiger partial charge in [-0.2, -0.15) is 0 Å². The van der Waals surface area contributed by atoms with E-state index in [0.717, 1.165) is 39.0 Å². The summed E-state index contributed by atoms with van der Waals surface area (Å²) in [5.41, 5.74) is 5.68. The van der Waals surface area contributed by atoms with Gasteiger partial charge in [-0.3, -0.25) is 14.6 Å². The van der Waals surface area contributed by atoms with Crippen LogP contribution in [-0.4, -0.2) is 67.1 Å². The molecule has 1 rings (SSSR count). The molecule has 1 fully saturated rings. The molecule has 0 spiro atoms. The molecular formula is C14H30N4O. The number of piperazine rings is 1. The van der Waals surface area contributed by atoms with E-state index in [1.54, 1.807) is 0 Å². The van der Waals surface area contributed by atoms with Crippen LogP contribution in [0.3, 0.4) is 0 Å². The molecule has 0 bridgehead atoms. The fourth-order valence-electron chi connectivity index (χ4n) is 2.48. The largest absolute Gasteiger partial charge is 0.352 e. The van der Waals surface area contributed by atoms with Crippen LogP contribution in [0.4, 0.5) is 0 Å². The van der Waals surface area contributed by atoms with E-state index in [0.29, 0.717) is 25.2 Å². The Morgan fingerprint density at radius 3 is 2.26 bits per heavy atom. The molecular weight excluding hydrogens is 240 g/mol. The molecule has 1 aliphatic rings. The lowest BCUT2D eigenvalue weighted by Gasteiger charge is -2.37. The highest BCUT2D eigenvalue weighted by Crippen LogP contribution is 2.05. The highest BCUT2D eigenvalue weighted by atomic mass is 16.2. The van der Waals surface area contributed by atoms with Gasteiger partial charge >= 0.3 is 0 Å². The van der Waals surface area contributed by atoms with Crippen molar-refractivity contribution in [1.82, 2.24) is 15.1 Å². The molecule has 5 nitrogen and oxygen atoms in total. The van der Waals surface area contributed by atoms with E-state index >= 15 is 0 Å². The SMILES string of the molecule is CCC(CC)NC(=O)CN1CCN(C(C)CN)CC1. The molecule has 1 atom stereocenters. The van der Waals surface area contributed by atoms with Crippen LogP contribution in [0.2, 0.25) is 0 Å². The first-order valence-electron chi connectivity index (χ1n) is 7.56. The predicted octanol–water partition coefficient (Wildman–Crippen LogP) is 0.256. The van der Waals surface area contributed by atoms with Gasteiger partial charge in [-0.05, 0) is 19.8 Å². The molecule has 0 saturated carbocycles. The first kappa shape index (κ1) is 16.4. The van der Waals surface area contributed by atoms with Gasteiger partial charge in [0.15, 0.2) is 0 Å². The van der Waals surface area contributed by atoms with Crippen molar-refractivity contribution in [3.05, 3.63) is 0 Å². The normalized spacial score (nSPS) is 19.6. The van der Waals surface area contributed by atoms with Gasteiger partial charge in [-0.25, -0.2) is 0 Å². The second-order valence-corrected chi connectivity index (χ2v) is 5.48. The Kier molecular flexibility index (Phi) is 7.34. The summed E-state index contributed by atoms with van der Waals surface area (Å²) in [5, 5.41) is 3.09. The second-order valence-electron chi connectivity index (χ2n) is 5.48. The van der Waals surface area contributed by atoms with Gasteiger partial charge < -0.3 is 11.1 Å². The Balaban J connectivity index is 2.27. The lowest BCUT2D eigenvalue weighted by Crippen LogP contribution is -2.53. The van der Waals surface area contributed by atoms with Crippen molar-refractivity contribution in [3.63, 3.8) is 0 Å². The number of nitrogens with two attached hydrogens (primary N) is 1. The van der Waals surface area contributed by atoms with Crippen LogP contribution in [0, 0.1) is 0 Å². The van der Waals surface area contributed by atoms with Crippen LogP contribution >= 0.6 is 0 Å². The van der Waals surface area contributed by atoms with Crippen molar-refractivity contribution in [2.24, 2.45) is 5.73 Å². The number of carbonyl (C=O) groups excluding carboxylic acids is 1. The molecule has 1 saturated heterocycles. The molecule has 0 aromatic heterocycles. The fraction of sp³-hybridized carbons (Fsp3) is 0.929. The maximum absolute atomic E-state index is 11.9. The van der Waals surface area contributed by atoms with Gasteiger partial charge in [0.25, 0.3) is 0 Å². The quantitative estimate of drug-likeness (QED) is 0.696. The van der Waals surface area contributed by atoms with E-state index in [1.165, 1.54) is 0 Å². The van der Waals surface area contributed by atoms with E-state index in [9.17, 15) is 4.79 Å². The molecule has 5 heteroatoms. The average Bonchev–Trinajstić information content (AvgIpc) is 2.44. The number of rotatable bonds is 7. The molecule has 1 heterocycles. The zero-order chi connectivity index (χ0) is 14.3.